The SMILES string of the molecule is NCC(c1cccnc1C(F)F)N1CCOCC1. The number of alkyl halides is 2. The first kappa shape index (κ1) is 13.3. The van der Waals surface area contributed by atoms with E-state index in [1.54, 1.807) is 12.1 Å². The Kier molecular flexibility index (Phi) is 4.57. The normalized spacial score (nSPS) is 19.1. The molecule has 0 bridgehead atoms. The standard InChI is InChI=1S/C12H17F2N3O/c13-12(14)11-9(2-1-3-16-11)10(8-15)17-4-6-18-7-5-17/h1-3,10,12H,4-8,15H2. The Morgan fingerprint density at radius 2 is 2.11 bits per heavy atom. The van der Waals surface area contributed by atoms with Gasteiger partial charge in [-0.1, -0.05) is 6.07 Å². The number of aromatic nitrogens is 1. The molecular formula is C12H17F2N3O. The van der Waals surface area contributed by atoms with Crippen molar-refractivity contribution in [2.24, 2.45) is 5.73 Å². The largest absolute Gasteiger partial charge is 0.379 e. The highest BCUT2D eigenvalue weighted by molar-refractivity contribution is 5.25. The summed E-state index contributed by atoms with van der Waals surface area (Å²) >= 11 is 0. The minimum Gasteiger partial charge on any atom is -0.379 e. The van der Waals surface area contributed by atoms with Gasteiger partial charge in [-0.15, -0.1) is 0 Å². The minimum absolute atomic E-state index is 0.167. The van der Waals surface area contributed by atoms with Gasteiger partial charge in [0.15, 0.2) is 0 Å². The summed E-state index contributed by atoms with van der Waals surface area (Å²) in [5.74, 6) is 0. The average Bonchev–Trinajstić information content (AvgIpc) is 2.41. The maximum absolute atomic E-state index is 12.9. The molecule has 1 unspecified atom stereocenters. The van der Waals surface area contributed by atoms with E-state index in [0.29, 0.717) is 38.4 Å². The molecule has 18 heavy (non-hydrogen) atoms. The van der Waals surface area contributed by atoms with Gasteiger partial charge in [-0.3, -0.25) is 9.88 Å². The topological polar surface area (TPSA) is 51.4 Å². The summed E-state index contributed by atoms with van der Waals surface area (Å²) in [6.07, 6.45) is -1.19. The van der Waals surface area contributed by atoms with Crippen LogP contribution < -0.4 is 5.73 Å². The summed E-state index contributed by atoms with van der Waals surface area (Å²) in [7, 11) is 0. The first-order chi connectivity index (χ1) is 8.74. The van der Waals surface area contributed by atoms with Gasteiger partial charge in [-0.05, 0) is 11.6 Å². The number of ether oxygens (including phenoxy) is 1. The number of pyridine rings is 1. The van der Waals surface area contributed by atoms with Crippen molar-refractivity contribution in [2.45, 2.75) is 12.5 Å². The Labute approximate surface area is 105 Å². The van der Waals surface area contributed by atoms with Crippen LogP contribution in [0, 0.1) is 0 Å². The second kappa shape index (κ2) is 6.17. The molecule has 2 heterocycles. The van der Waals surface area contributed by atoms with Crippen LogP contribution in [0.1, 0.15) is 23.7 Å². The molecule has 100 valence electrons. The number of nitrogens with two attached hydrogens (primary N) is 1. The Morgan fingerprint density at radius 1 is 1.39 bits per heavy atom. The van der Waals surface area contributed by atoms with Gasteiger partial charge in [0, 0.05) is 31.9 Å². The van der Waals surface area contributed by atoms with Gasteiger partial charge in [-0.25, -0.2) is 8.78 Å². The van der Waals surface area contributed by atoms with Gasteiger partial charge in [0.2, 0.25) is 0 Å². The maximum atomic E-state index is 12.9. The van der Waals surface area contributed by atoms with Crippen molar-refractivity contribution in [1.29, 1.82) is 0 Å². The average molecular weight is 257 g/mol. The number of nitrogens with zero attached hydrogens (tertiary/aromatic N) is 2. The van der Waals surface area contributed by atoms with E-state index in [-0.39, 0.29) is 11.7 Å². The zero-order valence-corrected chi connectivity index (χ0v) is 10.1. The van der Waals surface area contributed by atoms with E-state index >= 15 is 0 Å². The molecule has 1 aromatic heterocycles. The summed E-state index contributed by atoms with van der Waals surface area (Å²) in [4.78, 5) is 5.85. The third-order valence-corrected chi connectivity index (χ3v) is 3.15. The number of rotatable bonds is 4. The number of hydrogen-bond donors (Lipinski definition) is 1. The molecule has 0 amide bonds. The lowest BCUT2D eigenvalue weighted by molar-refractivity contribution is 0.0168. The maximum Gasteiger partial charge on any atom is 0.280 e. The Balaban J connectivity index is 2.26. The highest BCUT2D eigenvalue weighted by Gasteiger charge is 2.26. The second-order valence-corrected chi connectivity index (χ2v) is 4.18. The molecule has 1 aromatic rings. The molecule has 4 nitrogen and oxygen atoms in total. The summed E-state index contributed by atoms with van der Waals surface area (Å²) in [6.45, 7) is 2.94. The Bertz CT molecular complexity index is 383. The van der Waals surface area contributed by atoms with E-state index in [1.807, 2.05) is 0 Å². The van der Waals surface area contributed by atoms with Gasteiger partial charge in [-0.2, -0.15) is 0 Å². The summed E-state index contributed by atoms with van der Waals surface area (Å²) in [6, 6.07) is 3.14. The van der Waals surface area contributed by atoms with Crippen LogP contribution in [0.2, 0.25) is 0 Å². The molecule has 0 aromatic carbocycles. The van der Waals surface area contributed by atoms with E-state index < -0.39 is 6.43 Å². The monoisotopic (exact) mass is 257 g/mol. The van der Waals surface area contributed by atoms with Crippen LogP contribution in [-0.4, -0.2) is 42.7 Å². The number of morpholine rings is 1. The van der Waals surface area contributed by atoms with E-state index in [2.05, 4.69) is 9.88 Å². The number of hydrogen-bond acceptors (Lipinski definition) is 4. The van der Waals surface area contributed by atoms with Crippen molar-refractivity contribution < 1.29 is 13.5 Å². The van der Waals surface area contributed by atoms with Crippen LogP contribution in [0.3, 0.4) is 0 Å². The van der Waals surface area contributed by atoms with E-state index in [0.717, 1.165) is 0 Å². The lowest BCUT2D eigenvalue weighted by atomic mass is 10.0. The van der Waals surface area contributed by atoms with Crippen LogP contribution in [0.4, 0.5) is 8.78 Å². The quantitative estimate of drug-likeness (QED) is 0.884. The molecule has 0 spiro atoms. The van der Waals surface area contributed by atoms with Crippen molar-refractivity contribution in [3.8, 4) is 0 Å². The van der Waals surface area contributed by atoms with Gasteiger partial charge in [0.05, 0.1) is 13.2 Å². The molecule has 0 radical (unpaired) electrons. The highest BCUT2D eigenvalue weighted by atomic mass is 19.3. The molecule has 0 aliphatic carbocycles. The minimum atomic E-state index is -2.57. The predicted molar refractivity (Wildman–Crippen MR) is 63.4 cm³/mol. The number of halogens is 2. The van der Waals surface area contributed by atoms with Gasteiger partial charge in [0.1, 0.15) is 5.69 Å². The van der Waals surface area contributed by atoms with Crippen molar-refractivity contribution in [3.63, 3.8) is 0 Å². The second-order valence-electron chi connectivity index (χ2n) is 4.18. The van der Waals surface area contributed by atoms with Crippen LogP contribution in [0.25, 0.3) is 0 Å². The fraction of sp³-hybridized carbons (Fsp3) is 0.583. The molecule has 6 heteroatoms. The molecule has 1 atom stereocenters. The molecular weight excluding hydrogens is 240 g/mol. The highest BCUT2D eigenvalue weighted by Crippen LogP contribution is 2.28. The molecule has 1 fully saturated rings. The van der Waals surface area contributed by atoms with Gasteiger partial charge >= 0.3 is 0 Å². The van der Waals surface area contributed by atoms with Crippen molar-refractivity contribution >= 4 is 0 Å². The Morgan fingerprint density at radius 3 is 2.72 bits per heavy atom. The molecule has 2 N–H and O–H groups in total. The summed E-state index contributed by atoms with van der Waals surface area (Å²) in [5.41, 5.74) is 6.11. The van der Waals surface area contributed by atoms with Crippen molar-refractivity contribution in [2.75, 3.05) is 32.8 Å². The third-order valence-electron chi connectivity index (χ3n) is 3.15. The van der Waals surface area contributed by atoms with Crippen molar-refractivity contribution in [3.05, 3.63) is 29.6 Å². The first-order valence-electron chi connectivity index (χ1n) is 5.99. The predicted octanol–water partition coefficient (Wildman–Crippen LogP) is 1.35. The zero-order chi connectivity index (χ0) is 13.0. The van der Waals surface area contributed by atoms with Crippen LogP contribution in [-0.2, 0) is 4.74 Å². The fourth-order valence-electron chi connectivity index (χ4n) is 2.26. The Hall–Kier alpha value is -1.11. The molecule has 1 saturated heterocycles. The molecule has 1 aliphatic heterocycles. The lowest BCUT2D eigenvalue weighted by Gasteiger charge is -2.34. The lowest BCUT2D eigenvalue weighted by Crippen LogP contribution is -2.42. The van der Waals surface area contributed by atoms with E-state index in [9.17, 15) is 8.78 Å². The van der Waals surface area contributed by atoms with Crippen LogP contribution >= 0.6 is 0 Å². The molecule has 1 aliphatic rings. The molecule has 2 rings (SSSR count). The van der Waals surface area contributed by atoms with Crippen LogP contribution in [0.15, 0.2) is 18.3 Å². The van der Waals surface area contributed by atoms with Gasteiger partial charge < -0.3 is 10.5 Å². The zero-order valence-electron chi connectivity index (χ0n) is 10.1. The summed E-state index contributed by atoms with van der Waals surface area (Å²) in [5, 5.41) is 0. The van der Waals surface area contributed by atoms with Crippen LogP contribution in [0.5, 0.6) is 0 Å². The third kappa shape index (κ3) is 2.82. The summed E-state index contributed by atoms with van der Waals surface area (Å²) < 4.78 is 31.2. The van der Waals surface area contributed by atoms with Crippen molar-refractivity contribution in [1.82, 2.24) is 9.88 Å². The van der Waals surface area contributed by atoms with E-state index in [1.165, 1.54) is 6.20 Å². The first-order valence-corrected chi connectivity index (χ1v) is 5.99. The molecule has 0 saturated carbocycles. The van der Waals surface area contributed by atoms with E-state index in [4.69, 9.17) is 10.5 Å². The smallest absolute Gasteiger partial charge is 0.280 e. The van der Waals surface area contributed by atoms with Gasteiger partial charge in [0.25, 0.3) is 6.43 Å². The fourth-order valence-corrected chi connectivity index (χ4v) is 2.26.